The highest BCUT2D eigenvalue weighted by atomic mass is 19.4. The van der Waals surface area contributed by atoms with E-state index in [2.05, 4.69) is 5.32 Å². The molecule has 3 aliphatic rings. The van der Waals surface area contributed by atoms with E-state index in [0.29, 0.717) is 38.7 Å². The summed E-state index contributed by atoms with van der Waals surface area (Å²) in [5, 5.41) is 2.83. The average Bonchev–Trinajstić information content (AvgIpc) is 2.64. The molecule has 164 valence electrons. The molecule has 0 saturated carbocycles. The van der Waals surface area contributed by atoms with Crippen LogP contribution in [0.3, 0.4) is 0 Å². The van der Waals surface area contributed by atoms with Crippen LogP contribution >= 0.6 is 0 Å². The number of halogens is 4. The number of carbonyl (C=O) groups excluding carboxylic acids is 2. The molecule has 3 heterocycles. The fourth-order valence-corrected chi connectivity index (χ4v) is 3.88. The Morgan fingerprint density at radius 1 is 1.20 bits per heavy atom. The minimum atomic E-state index is -4.63. The van der Waals surface area contributed by atoms with E-state index in [1.807, 2.05) is 0 Å². The minimum absolute atomic E-state index is 0.0377. The van der Waals surface area contributed by atoms with Crippen molar-refractivity contribution in [1.29, 1.82) is 0 Å². The summed E-state index contributed by atoms with van der Waals surface area (Å²) < 4.78 is 62.8. The van der Waals surface area contributed by atoms with Crippen LogP contribution in [0.1, 0.15) is 17.5 Å². The van der Waals surface area contributed by atoms with E-state index in [4.69, 9.17) is 9.47 Å². The topological polar surface area (TPSA) is 71.1 Å². The summed E-state index contributed by atoms with van der Waals surface area (Å²) in [5.74, 6) is -1.18. The summed E-state index contributed by atoms with van der Waals surface area (Å²) in [5.41, 5.74) is -0.976. The number of nitrogens with one attached hydrogen (secondary N) is 1. The SMILES string of the molecule is O=C1CO[C@H]2CCN(C(=O)N3CC(OCc4cc(F)cc(C(F)(F)F)c4)C3)C[C@H]2N1. The Morgan fingerprint density at radius 2 is 1.97 bits per heavy atom. The smallest absolute Gasteiger partial charge is 0.370 e. The first-order valence-electron chi connectivity index (χ1n) is 9.62. The van der Waals surface area contributed by atoms with E-state index < -0.39 is 17.6 Å². The Hall–Kier alpha value is -2.40. The highest BCUT2D eigenvalue weighted by Crippen LogP contribution is 2.31. The summed E-state index contributed by atoms with van der Waals surface area (Å²) in [6, 6.07) is 1.89. The lowest BCUT2D eigenvalue weighted by Crippen LogP contribution is -2.65. The molecule has 1 N–H and O–H groups in total. The number of alkyl halides is 3. The second-order valence-corrected chi connectivity index (χ2v) is 7.72. The Bertz CT molecular complexity index is 828. The van der Waals surface area contributed by atoms with Crippen molar-refractivity contribution >= 4 is 11.9 Å². The second-order valence-electron chi connectivity index (χ2n) is 7.72. The molecular weight excluding hydrogens is 410 g/mol. The molecule has 0 unspecified atom stereocenters. The summed E-state index contributed by atoms with van der Waals surface area (Å²) >= 11 is 0. The zero-order valence-corrected chi connectivity index (χ0v) is 16.0. The molecule has 0 aliphatic carbocycles. The highest BCUT2D eigenvalue weighted by Gasteiger charge is 2.40. The van der Waals surface area contributed by atoms with E-state index in [0.717, 1.165) is 12.1 Å². The van der Waals surface area contributed by atoms with Gasteiger partial charge in [-0.1, -0.05) is 0 Å². The predicted molar refractivity (Wildman–Crippen MR) is 94.8 cm³/mol. The maximum absolute atomic E-state index is 13.4. The molecule has 3 fully saturated rings. The van der Waals surface area contributed by atoms with Gasteiger partial charge in [0.1, 0.15) is 12.4 Å². The monoisotopic (exact) mass is 431 g/mol. The number of fused-ring (bicyclic) bond motifs is 1. The average molecular weight is 431 g/mol. The van der Waals surface area contributed by atoms with Crippen molar-refractivity contribution in [2.45, 2.75) is 37.5 Å². The summed E-state index contributed by atoms with van der Waals surface area (Å²) in [4.78, 5) is 27.3. The van der Waals surface area contributed by atoms with Crippen molar-refractivity contribution in [2.24, 2.45) is 0 Å². The van der Waals surface area contributed by atoms with Crippen LogP contribution in [-0.4, -0.2) is 72.8 Å². The number of rotatable bonds is 3. The fourth-order valence-electron chi connectivity index (χ4n) is 3.88. The lowest BCUT2D eigenvalue weighted by molar-refractivity contribution is -0.140. The van der Waals surface area contributed by atoms with Crippen LogP contribution in [0.5, 0.6) is 0 Å². The maximum Gasteiger partial charge on any atom is 0.416 e. The first-order chi connectivity index (χ1) is 14.2. The third-order valence-electron chi connectivity index (χ3n) is 5.48. The quantitative estimate of drug-likeness (QED) is 0.741. The van der Waals surface area contributed by atoms with E-state index in [1.54, 1.807) is 9.80 Å². The molecule has 3 aliphatic heterocycles. The normalized spacial score (nSPS) is 24.9. The molecule has 1 aromatic rings. The Kier molecular flexibility index (Phi) is 5.58. The molecule has 30 heavy (non-hydrogen) atoms. The summed E-state index contributed by atoms with van der Waals surface area (Å²) in [7, 11) is 0. The van der Waals surface area contributed by atoms with Gasteiger partial charge in [0, 0.05) is 13.1 Å². The van der Waals surface area contributed by atoms with Crippen molar-refractivity contribution in [3.63, 3.8) is 0 Å². The minimum Gasteiger partial charge on any atom is -0.370 e. The number of amides is 3. The predicted octanol–water partition coefficient (Wildman–Crippen LogP) is 1.75. The number of nitrogens with zero attached hydrogens (tertiary/aromatic N) is 2. The highest BCUT2D eigenvalue weighted by molar-refractivity contribution is 5.79. The third-order valence-corrected chi connectivity index (χ3v) is 5.48. The van der Waals surface area contributed by atoms with Crippen molar-refractivity contribution < 1.29 is 36.6 Å². The van der Waals surface area contributed by atoms with Gasteiger partial charge in [0.2, 0.25) is 5.91 Å². The van der Waals surface area contributed by atoms with Gasteiger partial charge in [-0.3, -0.25) is 4.79 Å². The molecule has 4 rings (SSSR count). The van der Waals surface area contributed by atoms with Gasteiger partial charge in [0.05, 0.1) is 43.5 Å². The molecule has 2 atom stereocenters. The van der Waals surface area contributed by atoms with Crippen LogP contribution in [0.25, 0.3) is 0 Å². The number of carbonyl (C=O) groups is 2. The van der Waals surface area contributed by atoms with Crippen LogP contribution in [-0.2, 0) is 27.1 Å². The lowest BCUT2D eigenvalue weighted by Gasteiger charge is -2.45. The number of likely N-dealkylation sites (tertiary alicyclic amines) is 2. The van der Waals surface area contributed by atoms with E-state index >= 15 is 0 Å². The van der Waals surface area contributed by atoms with E-state index in [1.165, 1.54) is 0 Å². The van der Waals surface area contributed by atoms with Gasteiger partial charge in [-0.25, -0.2) is 9.18 Å². The van der Waals surface area contributed by atoms with E-state index in [9.17, 15) is 27.2 Å². The van der Waals surface area contributed by atoms with Gasteiger partial charge >= 0.3 is 12.2 Å². The summed E-state index contributed by atoms with van der Waals surface area (Å²) in [6.45, 7) is 1.34. The number of hydrogen-bond donors (Lipinski definition) is 1. The van der Waals surface area contributed by atoms with Crippen molar-refractivity contribution in [2.75, 3.05) is 32.8 Å². The number of hydrogen-bond acceptors (Lipinski definition) is 4. The molecule has 0 radical (unpaired) electrons. The largest absolute Gasteiger partial charge is 0.416 e. The molecule has 0 bridgehead atoms. The Labute approximate surface area is 169 Å². The molecule has 0 aromatic heterocycles. The molecular formula is C19H21F4N3O4. The van der Waals surface area contributed by atoms with Gasteiger partial charge in [-0.15, -0.1) is 0 Å². The van der Waals surface area contributed by atoms with Crippen LogP contribution in [0, 0.1) is 5.82 Å². The van der Waals surface area contributed by atoms with Crippen LogP contribution in [0.4, 0.5) is 22.4 Å². The van der Waals surface area contributed by atoms with Gasteiger partial charge in [0.25, 0.3) is 0 Å². The van der Waals surface area contributed by atoms with Crippen LogP contribution < -0.4 is 5.32 Å². The maximum atomic E-state index is 13.4. The number of urea groups is 1. The van der Waals surface area contributed by atoms with E-state index in [-0.39, 0.29) is 49.0 Å². The first kappa shape index (κ1) is 20.9. The van der Waals surface area contributed by atoms with Gasteiger partial charge in [0.15, 0.2) is 0 Å². The zero-order chi connectivity index (χ0) is 21.5. The third kappa shape index (κ3) is 4.51. The van der Waals surface area contributed by atoms with Gasteiger partial charge < -0.3 is 24.6 Å². The van der Waals surface area contributed by atoms with Crippen LogP contribution in [0.2, 0.25) is 0 Å². The number of ether oxygens (including phenoxy) is 2. The number of morpholine rings is 1. The molecule has 3 saturated heterocycles. The van der Waals surface area contributed by atoms with Crippen LogP contribution in [0.15, 0.2) is 18.2 Å². The number of piperidine rings is 1. The first-order valence-corrected chi connectivity index (χ1v) is 9.62. The van der Waals surface area contributed by atoms with Gasteiger partial charge in [-0.2, -0.15) is 13.2 Å². The molecule has 11 heteroatoms. The molecule has 3 amide bonds. The van der Waals surface area contributed by atoms with Crippen molar-refractivity contribution in [3.8, 4) is 0 Å². The van der Waals surface area contributed by atoms with Crippen molar-refractivity contribution in [3.05, 3.63) is 35.1 Å². The number of benzene rings is 1. The lowest BCUT2D eigenvalue weighted by atomic mass is 10.0. The molecule has 7 nitrogen and oxygen atoms in total. The second kappa shape index (κ2) is 8.03. The Morgan fingerprint density at radius 3 is 2.70 bits per heavy atom. The Balaban J connectivity index is 1.25. The molecule has 1 aromatic carbocycles. The van der Waals surface area contributed by atoms with Crippen molar-refractivity contribution in [1.82, 2.24) is 15.1 Å². The zero-order valence-electron chi connectivity index (χ0n) is 16.0. The summed E-state index contributed by atoms with van der Waals surface area (Å²) in [6.07, 6.45) is -4.42. The molecule has 0 spiro atoms. The standard InChI is InChI=1S/C19H21F4N3O4/c20-13-4-11(3-12(5-13)19(21,22)23)9-29-14-6-26(7-14)18(28)25-2-1-16-15(8-25)24-17(27)10-30-16/h3-5,14-16H,1-2,6-10H2,(H,24,27)/t15-,16+/m1/s1. The fraction of sp³-hybridized carbons (Fsp3) is 0.579. The van der Waals surface area contributed by atoms with Gasteiger partial charge in [-0.05, 0) is 30.2 Å².